The van der Waals surface area contributed by atoms with Crippen molar-refractivity contribution < 1.29 is 4.79 Å². The van der Waals surface area contributed by atoms with Crippen LogP contribution in [-0.4, -0.2) is 10.6 Å². The van der Waals surface area contributed by atoms with Gasteiger partial charge in [0.05, 0.1) is 0 Å². The van der Waals surface area contributed by atoms with Crippen LogP contribution >= 0.6 is 23.2 Å². The predicted octanol–water partition coefficient (Wildman–Crippen LogP) is 0.832. The van der Waals surface area contributed by atoms with E-state index >= 15 is 0 Å². The Hall–Kier alpha value is -0.210. The standard InChI is InChI=1S/C4H5Cl2NO/c5-4(6)3(8)1-2-7/h1-2,4H,7H2/b2-1+. The Kier molecular flexibility index (Phi) is 3.65. The summed E-state index contributed by atoms with van der Waals surface area (Å²) >= 11 is 10.2. The first-order valence-electron chi connectivity index (χ1n) is 1.88. The van der Waals surface area contributed by atoms with Crippen LogP contribution in [-0.2, 0) is 4.79 Å². The molecule has 0 saturated heterocycles. The van der Waals surface area contributed by atoms with Gasteiger partial charge in [-0.25, -0.2) is 0 Å². The number of hydrogen-bond donors (Lipinski definition) is 1. The third kappa shape index (κ3) is 2.88. The van der Waals surface area contributed by atoms with Gasteiger partial charge in [-0.2, -0.15) is 0 Å². The fourth-order valence-corrected chi connectivity index (χ4v) is 0.313. The molecule has 0 aromatic rings. The first kappa shape index (κ1) is 7.79. The lowest BCUT2D eigenvalue weighted by atomic mass is 10.4. The van der Waals surface area contributed by atoms with Crippen LogP contribution in [0.3, 0.4) is 0 Å². The van der Waals surface area contributed by atoms with Crippen LogP contribution in [0.1, 0.15) is 0 Å². The quantitative estimate of drug-likeness (QED) is 0.472. The normalized spacial score (nSPS) is 10.9. The zero-order valence-corrected chi connectivity index (χ0v) is 5.49. The molecule has 0 saturated carbocycles. The van der Waals surface area contributed by atoms with E-state index in [-0.39, 0.29) is 0 Å². The minimum absolute atomic E-state index is 0.393. The summed E-state index contributed by atoms with van der Waals surface area (Å²) < 4.78 is 0. The number of alkyl halides is 2. The van der Waals surface area contributed by atoms with Gasteiger partial charge in [0.1, 0.15) is 0 Å². The lowest BCUT2D eigenvalue weighted by Gasteiger charge is -1.88. The van der Waals surface area contributed by atoms with Gasteiger partial charge in [0.2, 0.25) is 0 Å². The van der Waals surface area contributed by atoms with Gasteiger partial charge in [-0.1, -0.05) is 23.2 Å². The Morgan fingerprint density at radius 2 is 2.12 bits per heavy atom. The van der Waals surface area contributed by atoms with Crippen molar-refractivity contribution in [2.75, 3.05) is 0 Å². The number of rotatable bonds is 2. The summed E-state index contributed by atoms with van der Waals surface area (Å²) in [5.41, 5.74) is 4.85. The molecule has 0 amide bonds. The van der Waals surface area contributed by atoms with Crippen molar-refractivity contribution in [3.8, 4) is 0 Å². The van der Waals surface area contributed by atoms with Crippen molar-refractivity contribution in [1.82, 2.24) is 0 Å². The molecule has 0 spiro atoms. The summed E-state index contributed by atoms with van der Waals surface area (Å²) in [6.45, 7) is 0. The topological polar surface area (TPSA) is 43.1 Å². The maximum absolute atomic E-state index is 10.3. The lowest BCUT2D eigenvalue weighted by molar-refractivity contribution is -0.113. The molecule has 0 radical (unpaired) electrons. The van der Waals surface area contributed by atoms with Crippen LogP contribution in [0.4, 0.5) is 0 Å². The number of carbonyl (C=O) groups excluding carboxylic acids is 1. The first-order chi connectivity index (χ1) is 3.68. The maximum atomic E-state index is 10.3. The summed E-state index contributed by atoms with van der Waals surface area (Å²) in [7, 11) is 0. The molecule has 0 bridgehead atoms. The Bertz CT molecular complexity index is 111. The molecule has 0 aliphatic carbocycles. The van der Waals surface area contributed by atoms with E-state index in [1.165, 1.54) is 0 Å². The van der Waals surface area contributed by atoms with Crippen molar-refractivity contribution in [3.63, 3.8) is 0 Å². The number of halogens is 2. The average molecular weight is 154 g/mol. The second-order valence-electron chi connectivity index (χ2n) is 1.06. The molecule has 4 heteroatoms. The Labute approximate surface area is 57.3 Å². The molecule has 0 atom stereocenters. The molecular weight excluding hydrogens is 149 g/mol. The van der Waals surface area contributed by atoms with E-state index in [1.807, 2.05) is 0 Å². The molecule has 0 unspecified atom stereocenters. The molecule has 0 aliphatic heterocycles. The summed E-state index contributed by atoms with van der Waals surface area (Å²) in [5, 5.41) is 0. The summed E-state index contributed by atoms with van der Waals surface area (Å²) in [6, 6.07) is 0. The highest BCUT2D eigenvalue weighted by Gasteiger charge is 2.05. The minimum Gasteiger partial charge on any atom is -0.404 e. The van der Waals surface area contributed by atoms with Crippen LogP contribution in [0, 0.1) is 0 Å². The Balaban J connectivity index is 3.66. The van der Waals surface area contributed by atoms with Crippen LogP contribution in [0.5, 0.6) is 0 Å². The molecule has 0 aromatic carbocycles. The van der Waals surface area contributed by atoms with Crippen LogP contribution in [0.15, 0.2) is 12.3 Å². The summed E-state index contributed by atoms with van der Waals surface area (Å²) in [5.74, 6) is -0.393. The predicted molar refractivity (Wildman–Crippen MR) is 33.8 cm³/mol. The summed E-state index contributed by atoms with van der Waals surface area (Å²) in [4.78, 5) is 9.32. The van der Waals surface area contributed by atoms with Gasteiger partial charge in [-0.3, -0.25) is 4.79 Å². The fraction of sp³-hybridized carbons (Fsp3) is 0.250. The Morgan fingerprint density at radius 1 is 1.62 bits per heavy atom. The minimum atomic E-state index is -0.991. The van der Waals surface area contributed by atoms with Crippen molar-refractivity contribution in [1.29, 1.82) is 0 Å². The van der Waals surface area contributed by atoms with Gasteiger partial charge in [-0.15, -0.1) is 0 Å². The monoisotopic (exact) mass is 153 g/mol. The van der Waals surface area contributed by atoms with Crippen LogP contribution in [0.25, 0.3) is 0 Å². The third-order valence-electron chi connectivity index (χ3n) is 0.476. The molecule has 0 rings (SSSR count). The SMILES string of the molecule is N/C=C/C(=O)C(Cl)Cl. The average Bonchev–Trinajstić information content (AvgIpc) is 1.67. The van der Waals surface area contributed by atoms with Gasteiger partial charge in [0.25, 0.3) is 0 Å². The number of hydrogen-bond acceptors (Lipinski definition) is 2. The highest BCUT2D eigenvalue weighted by atomic mass is 35.5. The van der Waals surface area contributed by atoms with Gasteiger partial charge < -0.3 is 5.73 Å². The van der Waals surface area contributed by atoms with E-state index in [0.717, 1.165) is 12.3 Å². The molecular formula is C4H5Cl2NO. The first-order valence-corrected chi connectivity index (χ1v) is 2.76. The molecule has 2 nitrogen and oxygen atoms in total. The van der Waals surface area contributed by atoms with Crippen molar-refractivity contribution in [2.45, 2.75) is 4.84 Å². The third-order valence-corrected chi connectivity index (χ3v) is 0.906. The maximum Gasteiger partial charge on any atom is 0.189 e. The number of ketones is 1. The molecule has 0 fully saturated rings. The highest BCUT2D eigenvalue weighted by molar-refractivity contribution is 6.54. The Morgan fingerprint density at radius 3 is 2.25 bits per heavy atom. The van der Waals surface area contributed by atoms with Gasteiger partial charge in [-0.05, 0) is 12.3 Å². The number of allylic oxidation sites excluding steroid dienone is 1. The molecule has 0 aliphatic rings. The zero-order chi connectivity index (χ0) is 6.57. The van der Waals surface area contributed by atoms with E-state index in [1.54, 1.807) is 0 Å². The van der Waals surface area contributed by atoms with Gasteiger partial charge in [0, 0.05) is 0 Å². The molecule has 0 aromatic heterocycles. The second-order valence-corrected chi connectivity index (χ2v) is 2.16. The van der Waals surface area contributed by atoms with Crippen LogP contribution < -0.4 is 5.73 Å². The fourth-order valence-electron chi connectivity index (χ4n) is 0.168. The van der Waals surface area contributed by atoms with E-state index in [4.69, 9.17) is 28.9 Å². The van der Waals surface area contributed by atoms with Gasteiger partial charge >= 0.3 is 0 Å². The zero-order valence-electron chi connectivity index (χ0n) is 3.97. The second kappa shape index (κ2) is 3.75. The molecule has 8 heavy (non-hydrogen) atoms. The highest BCUT2D eigenvalue weighted by Crippen LogP contribution is 2.02. The number of carbonyl (C=O) groups is 1. The van der Waals surface area contributed by atoms with Crippen molar-refractivity contribution >= 4 is 29.0 Å². The summed E-state index contributed by atoms with van der Waals surface area (Å²) in [6.07, 6.45) is 2.21. The molecule has 46 valence electrons. The number of nitrogens with two attached hydrogens (primary N) is 1. The van der Waals surface area contributed by atoms with Crippen molar-refractivity contribution in [2.24, 2.45) is 5.73 Å². The van der Waals surface area contributed by atoms with E-state index < -0.39 is 10.6 Å². The lowest BCUT2D eigenvalue weighted by Crippen LogP contribution is -2.03. The largest absolute Gasteiger partial charge is 0.404 e. The van der Waals surface area contributed by atoms with Crippen LogP contribution in [0.2, 0.25) is 0 Å². The smallest absolute Gasteiger partial charge is 0.189 e. The molecule has 2 N–H and O–H groups in total. The van der Waals surface area contributed by atoms with E-state index in [0.29, 0.717) is 0 Å². The molecule has 0 heterocycles. The van der Waals surface area contributed by atoms with Gasteiger partial charge in [0.15, 0.2) is 10.6 Å². The van der Waals surface area contributed by atoms with E-state index in [2.05, 4.69) is 0 Å². The van der Waals surface area contributed by atoms with E-state index in [9.17, 15) is 4.79 Å². The van der Waals surface area contributed by atoms with Crippen molar-refractivity contribution in [3.05, 3.63) is 12.3 Å².